The highest BCUT2D eigenvalue weighted by Gasteiger charge is 2.28. The van der Waals surface area contributed by atoms with Crippen LogP contribution in [0.4, 0.5) is 5.69 Å². The summed E-state index contributed by atoms with van der Waals surface area (Å²) in [5.41, 5.74) is 0.477. The summed E-state index contributed by atoms with van der Waals surface area (Å²) in [6.45, 7) is 2.86. The average molecular weight is 536 g/mol. The number of fused-ring (bicyclic) bond motifs is 1. The third-order valence-corrected chi connectivity index (χ3v) is 8.35. The van der Waals surface area contributed by atoms with E-state index in [1.165, 1.54) is 11.6 Å². The van der Waals surface area contributed by atoms with Gasteiger partial charge >= 0.3 is 5.69 Å². The van der Waals surface area contributed by atoms with Crippen molar-refractivity contribution in [1.29, 1.82) is 0 Å². The van der Waals surface area contributed by atoms with Crippen LogP contribution in [0.2, 0.25) is 0 Å². The number of amides is 1. The number of carbonyl (C=O) groups excluding carboxylic acids is 1. The normalized spacial score (nSPS) is 14.6. The van der Waals surface area contributed by atoms with E-state index in [4.69, 9.17) is 0 Å². The number of carbonyl (C=O) groups is 1. The zero-order chi connectivity index (χ0) is 26.9. The number of rotatable bonds is 7. The number of benzene rings is 3. The smallest absolute Gasteiger partial charge is 0.339 e. The Morgan fingerprint density at radius 3 is 2.08 bits per heavy atom. The lowest BCUT2D eigenvalue weighted by molar-refractivity contribution is -0.384. The van der Waals surface area contributed by atoms with E-state index in [2.05, 4.69) is 17.0 Å². The van der Waals surface area contributed by atoms with E-state index in [9.17, 15) is 28.1 Å². The predicted octanol–water partition coefficient (Wildman–Crippen LogP) is 2.29. The molecule has 0 saturated carbocycles. The van der Waals surface area contributed by atoms with Crippen molar-refractivity contribution in [2.24, 2.45) is 0 Å². The number of non-ortho nitro benzene ring substituents is 1. The van der Waals surface area contributed by atoms with E-state index in [1.807, 2.05) is 18.2 Å². The van der Waals surface area contributed by atoms with Crippen LogP contribution in [0.25, 0.3) is 11.0 Å². The van der Waals surface area contributed by atoms with Crippen LogP contribution in [0.15, 0.2) is 88.6 Å². The predicted molar refractivity (Wildman–Crippen MR) is 140 cm³/mol. The van der Waals surface area contributed by atoms with Crippen molar-refractivity contribution in [2.75, 3.05) is 26.2 Å². The molecule has 196 valence electrons. The topological polar surface area (TPSA) is 128 Å². The Morgan fingerprint density at radius 1 is 0.842 bits per heavy atom. The molecule has 4 aromatic rings. The number of nitrogens with zero attached hydrogens (tertiary/aromatic N) is 5. The molecule has 1 aromatic heterocycles. The fraction of sp³-hybridized carbons (Fsp3) is 0.231. The Bertz CT molecular complexity index is 1650. The monoisotopic (exact) mass is 535 g/mol. The lowest BCUT2D eigenvalue weighted by Gasteiger charge is -2.34. The van der Waals surface area contributed by atoms with Gasteiger partial charge in [-0.2, -0.15) is 3.97 Å². The van der Waals surface area contributed by atoms with Crippen LogP contribution in [-0.4, -0.2) is 63.8 Å². The minimum atomic E-state index is -4.39. The van der Waals surface area contributed by atoms with Gasteiger partial charge in [0, 0.05) is 44.9 Å². The molecular weight excluding hydrogens is 510 g/mol. The minimum absolute atomic E-state index is 0.122. The molecule has 38 heavy (non-hydrogen) atoms. The first kappa shape index (κ1) is 25.4. The maximum absolute atomic E-state index is 13.4. The van der Waals surface area contributed by atoms with Gasteiger partial charge in [0.25, 0.3) is 15.7 Å². The first-order chi connectivity index (χ1) is 18.3. The van der Waals surface area contributed by atoms with Gasteiger partial charge in [-0.25, -0.2) is 13.2 Å². The largest absolute Gasteiger partial charge is 0.343 e. The molecule has 1 saturated heterocycles. The Hall–Kier alpha value is -4.29. The number of hydrogen-bond acceptors (Lipinski definition) is 7. The van der Waals surface area contributed by atoms with Crippen LogP contribution < -0.4 is 5.69 Å². The second-order valence-corrected chi connectivity index (χ2v) is 10.8. The molecule has 5 rings (SSSR count). The Kier molecular flexibility index (Phi) is 6.83. The lowest BCUT2D eigenvalue weighted by Crippen LogP contribution is -2.49. The maximum atomic E-state index is 13.4. The van der Waals surface area contributed by atoms with Crippen molar-refractivity contribution >= 4 is 32.7 Å². The molecule has 1 aliphatic heterocycles. The van der Waals surface area contributed by atoms with Crippen LogP contribution in [-0.2, 0) is 27.9 Å². The standard InChI is InChI=1S/C26H25N5O6S/c32-25(28-16-14-27(15-17-28)18-20-6-2-1-3-7-20)19-29-23-8-4-5-9-24(23)30(26(29)33)38(36,37)22-12-10-21(11-13-22)31(34)35/h1-13H,14-19H2. The van der Waals surface area contributed by atoms with Crippen LogP contribution in [0.1, 0.15) is 5.56 Å². The van der Waals surface area contributed by atoms with E-state index in [0.717, 1.165) is 35.4 Å². The van der Waals surface area contributed by atoms with Gasteiger partial charge in [-0.15, -0.1) is 0 Å². The fourth-order valence-electron chi connectivity index (χ4n) is 4.64. The van der Waals surface area contributed by atoms with Gasteiger partial charge in [0.1, 0.15) is 6.54 Å². The summed E-state index contributed by atoms with van der Waals surface area (Å²) in [5, 5.41) is 11.0. The average Bonchev–Trinajstić information content (AvgIpc) is 3.21. The summed E-state index contributed by atoms with van der Waals surface area (Å²) >= 11 is 0. The van der Waals surface area contributed by atoms with E-state index in [0.29, 0.717) is 35.7 Å². The van der Waals surface area contributed by atoms with Crippen molar-refractivity contribution in [1.82, 2.24) is 18.3 Å². The molecule has 1 fully saturated rings. The van der Waals surface area contributed by atoms with E-state index >= 15 is 0 Å². The number of para-hydroxylation sites is 2. The Balaban J connectivity index is 1.38. The quantitative estimate of drug-likeness (QED) is 0.262. The summed E-state index contributed by atoms with van der Waals surface area (Å²) in [7, 11) is -4.39. The van der Waals surface area contributed by atoms with Crippen molar-refractivity contribution in [2.45, 2.75) is 18.0 Å². The molecule has 0 radical (unpaired) electrons. The molecule has 1 amide bonds. The number of piperazine rings is 1. The molecular formula is C26H25N5O6S. The number of nitro benzene ring substituents is 1. The molecule has 3 aromatic carbocycles. The van der Waals surface area contributed by atoms with Crippen molar-refractivity contribution in [3.05, 3.63) is 105 Å². The number of aromatic nitrogens is 2. The second-order valence-electron chi connectivity index (χ2n) is 9.02. The van der Waals surface area contributed by atoms with Gasteiger partial charge in [-0.05, 0) is 29.8 Å². The van der Waals surface area contributed by atoms with Gasteiger partial charge in [-0.1, -0.05) is 42.5 Å². The van der Waals surface area contributed by atoms with Gasteiger partial charge in [0.05, 0.1) is 20.9 Å². The molecule has 2 heterocycles. The van der Waals surface area contributed by atoms with E-state index in [-0.39, 0.29) is 28.6 Å². The summed E-state index contributed by atoms with van der Waals surface area (Å²) < 4.78 is 28.6. The molecule has 11 nitrogen and oxygen atoms in total. The third-order valence-electron chi connectivity index (χ3n) is 6.65. The first-order valence-electron chi connectivity index (χ1n) is 12.0. The highest BCUT2D eigenvalue weighted by molar-refractivity contribution is 7.90. The van der Waals surface area contributed by atoms with Crippen LogP contribution in [0, 0.1) is 10.1 Å². The molecule has 1 aliphatic rings. The maximum Gasteiger partial charge on any atom is 0.343 e. The van der Waals surface area contributed by atoms with Crippen molar-refractivity contribution in [3.8, 4) is 0 Å². The zero-order valence-electron chi connectivity index (χ0n) is 20.3. The second kappa shape index (κ2) is 10.2. The molecule has 12 heteroatoms. The van der Waals surface area contributed by atoms with Crippen molar-refractivity contribution in [3.63, 3.8) is 0 Å². The summed E-state index contributed by atoms with van der Waals surface area (Å²) in [4.78, 5) is 40.6. The van der Waals surface area contributed by atoms with Gasteiger partial charge in [0.2, 0.25) is 5.91 Å². The Morgan fingerprint density at radius 2 is 1.45 bits per heavy atom. The minimum Gasteiger partial charge on any atom is -0.339 e. The van der Waals surface area contributed by atoms with Crippen LogP contribution in [0.3, 0.4) is 0 Å². The van der Waals surface area contributed by atoms with Gasteiger partial charge < -0.3 is 4.90 Å². The van der Waals surface area contributed by atoms with Crippen molar-refractivity contribution < 1.29 is 18.1 Å². The molecule has 0 N–H and O–H groups in total. The molecule has 0 atom stereocenters. The van der Waals surface area contributed by atoms with Gasteiger partial charge in [-0.3, -0.25) is 24.4 Å². The first-order valence-corrected chi connectivity index (χ1v) is 13.4. The van der Waals surface area contributed by atoms with Gasteiger partial charge in [0.15, 0.2) is 0 Å². The van der Waals surface area contributed by atoms with E-state index < -0.39 is 20.6 Å². The Labute approximate surface area is 218 Å². The highest BCUT2D eigenvalue weighted by atomic mass is 32.2. The summed E-state index contributed by atoms with van der Waals surface area (Å²) in [6, 6.07) is 20.7. The molecule has 0 aliphatic carbocycles. The summed E-state index contributed by atoms with van der Waals surface area (Å²) in [6.07, 6.45) is 0. The van der Waals surface area contributed by atoms with Crippen LogP contribution in [0.5, 0.6) is 0 Å². The third kappa shape index (κ3) is 4.83. The number of nitro groups is 1. The summed E-state index contributed by atoms with van der Waals surface area (Å²) in [5.74, 6) is -0.276. The number of hydrogen-bond donors (Lipinski definition) is 0. The molecule has 0 spiro atoms. The van der Waals surface area contributed by atoms with E-state index in [1.54, 1.807) is 23.1 Å². The zero-order valence-corrected chi connectivity index (χ0v) is 21.2. The SMILES string of the molecule is O=C(Cn1c(=O)n(S(=O)(=O)c2ccc([N+](=O)[O-])cc2)c2ccccc21)N1CCN(Cc2ccccc2)CC1. The van der Waals surface area contributed by atoms with Crippen LogP contribution >= 0.6 is 0 Å². The molecule has 0 unspecified atom stereocenters. The molecule has 0 bridgehead atoms. The lowest BCUT2D eigenvalue weighted by atomic mass is 10.2. The number of imidazole rings is 1. The highest BCUT2D eigenvalue weighted by Crippen LogP contribution is 2.22. The fourth-order valence-corrected chi connectivity index (χ4v) is 6.05.